The van der Waals surface area contributed by atoms with Gasteiger partial charge in [0.1, 0.15) is 11.4 Å². The zero-order valence-electron chi connectivity index (χ0n) is 14.1. The first-order chi connectivity index (χ1) is 13.0. The molecule has 9 nitrogen and oxygen atoms in total. The topological polar surface area (TPSA) is 123 Å². The Labute approximate surface area is 165 Å². The molecule has 0 bridgehead atoms. The Bertz CT molecular complexity index is 993. The van der Waals surface area contributed by atoms with Crippen LogP contribution >= 0.6 is 34.0 Å². The molecule has 0 unspecified atom stereocenters. The predicted molar refractivity (Wildman–Crippen MR) is 103 cm³/mol. The lowest BCUT2D eigenvalue weighted by atomic mass is 10.4. The lowest BCUT2D eigenvalue weighted by molar-refractivity contribution is 0.0520. The van der Waals surface area contributed by atoms with Gasteiger partial charge in [0.05, 0.1) is 11.6 Å². The minimum Gasteiger partial charge on any atom is -0.461 e. The minimum absolute atomic E-state index is 0.123. The van der Waals surface area contributed by atoms with E-state index in [0.29, 0.717) is 5.69 Å². The standard InChI is InChI=1S/C15H13N5O4S3/c1-3-24-13(23)10-6-27-15(18-10)20-12(22)9-5-26-14(17-9)19-11(21)8-4-25-7(2)16-8/h4-6H,3H2,1-2H3,(H,17,19,21)(H,18,20,22). The highest BCUT2D eigenvalue weighted by Gasteiger charge is 2.17. The van der Waals surface area contributed by atoms with Gasteiger partial charge in [-0.05, 0) is 13.8 Å². The summed E-state index contributed by atoms with van der Waals surface area (Å²) in [6.45, 7) is 3.74. The molecule has 3 aromatic rings. The Morgan fingerprint density at radius 1 is 0.889 bits per heavy atom. The fourth-order valence-corrected chi connectivity index (χ4v) is 3.81. The Morgan fingerprint density at radius 2 is 1.41 bits per heavy atom. The molecule has 0 saturated heterocycles. The number of carbonyl (C=O) groups is 3. The molecule has 3 heterocycles. The van der Waals surface area contributed by atoms with E-state index in [1.165, 1.54) is 22.1 Å². The second kappa shape index (κ2) is 8.33. The second-order valence-corrected chi connectivity index (χ2v) is 7.73. The zero-order chi connectivity index (χ0) is 19.4. The van der Waals surface area contributed by atoms with Crippen molar-refractivity contribution in [3.8, 4) is 0 Å². The molecule has 3 aromatic heterocycles. The minimum atomic E-state index is -0.551. The van der Waals surface area contributed by atoms with E-state index in [-0.39, 0.29) is 34.2 Å². The molecule has 2 N–H and O–H groups in total. The average molecular weight is 424 g/mol. The van der Waals surface area contributed by atoms with E-state index in [1.807, 2.05) is 0 Å². The molecule has 0 spiro atoms. The Morgan fingerprint density at radius 3 is 1.96 bits per heavy atom. The van der Waals surface area contributed by atoms with Crippen molar-refractivity contribution in [1.82, 2.24) is 15.0 Å². The van der Waals surface area contributed by atoms with Gasteiger partial charge in [0, 0.05) is 16.1 Å². The van der Waals surface area contributed by atoms with Crippen LogP contribution in [0.1, 0.15) is 43.4 Å². The van der Waals surface area contributed by atoms with Gasteiger partial charge in [0.15, 0.2) is 16.0 Å². The normalized spacial score (nSPS) is 10.4. The number of nitrogens with zero attached hydrogens (tertiary/aromatic N) is 3. The number of aryl methyl sites for hydroxylation is 1. The fourth-order valence-electron chi connectivity index (χ4n) is 1.86. The summed E-state index contributed by atoms with van der Waals surface area (Å²) in [5.74, 6) is -1.44. The summed E-state index contributed by atoms with van der Waals surface area (Å²) < 4.78 is 4.85. The highest BCUT2D eigenvalue weighted by Crippen LogP contribution is 2.20. The molecule has 2 amide bonds. The Hall–Kier alpha value is -2.70. The van der Waals surface area contributed by atoms with Crippen molar-refractivity contribution < 1.29 is 19.1 Å². The fraction of sp³-hybridized carbons (Fsp3) is 0.200. The molecule has 0 aliphatic rings. The van der Waals surface area contributed by atoms with Gasteiger partial charge in [-0.1, -0.05) is 0 Å². The van der Waals surface area contributed by atoms with Crippen LogP contribution in [0.3, 0.4) is 0 Å². The maximum atomic E-state index is 12.3. The smallest absolute Gasteiger partial charge is 0.357 e. The third kappa shape index (κ3) is 4.72. The second-order valence-electron chi connectivity index (χ2n) is 4.96. The number of hydrogen-bond acceptors (Lipinski definition) is 10. The summed E-state index contributed by atoms with van der Waals surface area (Å²) >= 11 is 3.58. The molecule has 12 heteroatoms. The SMILES string of the molecule is CCOC(=O)c1csc(NC(=O)c2csc(NC(=O)c3csc(C)n3)n2)n1. The molecular formula is C15H13N5O4S3. The predicted octanol–water partition coefficient (Wildman–Crippen LogP) is 3.05. The largest absolute Gasteiger partial charge is 0.461 e. The van der Waals surface area contributed by atoms with Gasteiger partial charge < -0.3 is 4.74 Å². The van der Waals surface area contributed by atoms with Crippen molar-refractivity contribution in [2.75, 3.05) is 17.2 Å². The van der Waals surface area contributed by atoms with Gasteiger partial charge in [0.2, 0.25) is 0 Å². The maximum absolute atomic E-state index is 12.3. The quantitative estimate of drug-likeness (QED) is 0.584. The summed E-state index contributed by atoms with van der Waals surface area (Å²) in [5, 5.41) is 11.1. The number of amides is 2. The molecular weight excluding hydrogens is 410 g/mol. The third-order valence-electron chi connectivity index (χ3n) is 3.02. The number of ether oxygens (including phenoxy) is 1. The lowest BCUT2D eigenvalue weighted by Gasteiger charge is -1.99. The number of aromatic nitrogens is 3. The van der Waals surface area contributed by atoms with Gasteiger partial charge in [-0.15, -0.1) is 34.0 Å². The van der Waals surface area contributed by atoms with Crippen LogP contribution in [0.15, 0.2) is 16.1 Å². The van der Waals surface area contributed by atoms with Crippen LogP contribution in [-0.4, -0.2) is 39.3 Å². The molecule has 0 saturated carbocycles. The van der Waals surface area contributed by atoms with E-state index in [4.69, 9.17) is 4.74 Å². The van der Waals surface area contributed by atoms with E-state index in [2.05, 4.69) is 25.6 Å². The van der Waals surface area contributed by atoms with Crippen LogP contribution in [0, 0.1) is 6.92 Å². The molecule has 27 heavy (non-hydrogen) atoms. The van der Waals surface area contributed by atoms with Crippen molar-refractivity contribution in [2.24, 2.45) is 0 Å². The van der Waals surface area contributed by atoms with Crippen LogP contribution in [0.2, 0.25) is 0 Å². The van der Waals surface area contributed by atoms with Crippen LogP contribution in [0.4, 0.5) is 10.3 Å². The van der Waals surface area contributed by atoms with Crippen LogP contribution in [-0.2, 0) is 4.74 Å². The third-order valence-corrected chi connectivity index (χ3v) is 5.31. The number of anilines is 2. The molecule has 0 atom stereocenters. The first-order valence-corrected chi connectivity index (χ1v) is 10.2. The Kier molecular flexibility index (Phi) is 5.88. The molecule has 0 radical (unpaired) electrons. The molecule has 140 valence electrons. The number of esters is 1. The van der Waals surface area contributed by atoms with Gasteiger partial charge >= 0.3 is 5.97 Å². The summed E-state index contributed by atoms with van der Waals surface area (Å²) in [6, 6.07) is 0. The van der Waals surface area contributed by atoms with Gasteiger partial charge in [-0.2, -0.15) is 0 Å². The zero-order valence-corrected chi connectivity index (χ0v) is 16.6. The van der Waals surface area contributed by atoms with E-state index >= 15 is 0 Å². The van der Waals surface area contributed by atoms with Gasteiger partial charge in [-0.3, -0.25) is 20.2 Å². The van der Waals surface area contributed by atoms with E-state index in [1.54, 1.807) is 19.2 Å². The van der Waals surface area contributed by atoms with Crippen molar-refractivity contribution in [3.63, 3.8) is 0 Å². The number of rotatable bonds is 6. The van der Waals surface area contributed by atoms with E-state index in [0.717, 1.165) is 27.7 Å². The van der Waals surface area contributed by atoms with Crippen molar-refractivity contribution in [2.45, 2.75) is 13.8 Å². The van der Waals surface area contributed by atoms with Crippen molar-refractivity contribution >= 4 is 62.1 Å². The van der Waals surface area contributed by atoms with E-state index < -0.39 is 11.9 Å². The summed E-state index contributed by atoms with van der Waals surface area (Å²) in [4.78, 5) is 48.1. The molecule has 3 rings (SSSR count). The molecule has 0 aliphatic heterocycles. The maximum Gasteiger partial charge on any atom is 0.357 e. The number of hydrogen-bond donors (Lipinski definition) is 2. The molecule has 0 aliphatic carbocycles. The molecule has 0 aromatic carbocycles. The molecule has 0 fully saturated rings. The summed E-state index contributed by atoms with van der Waals surface area (Å²) in [7, 11) is 0. The highest BCUT2D eigenvalue weighted by molar-refractivity contribution is 7.14. The van der Waals surface area contributed by atoms with Crippen LogP contribution < -0.4 is 10.6 Å². The van der Waals surface area contributed by atoms with E-state index in [9.17, 15) is 14.4 Å². The summed E-state index contributed by atoms with van der Waals surface area (Å²) in [6.07, 6.45) is 0. The Balaban J connectivity index is 1.61. The monoisotopic (exact) mass is 423 g/mol. The van der Waals surface area contributed by atoms with Crippen molar-refractivity contribution in [1.29, 1.82) is 0 Å². The van der Waals surface area contributed by atoms with Crippen LogP contribution in [0.5, 0.6) is 0 Å². The lowest BCUT2D eigenvalue weighted by Crippen LogP contribution is -2.14. The average Bonchev–Trinajstić information content (AvgIpc) is 3.36. The first kappa shape index (κ1) is 19.1. The first-order valence-electron chi connectivity index (χ1n) is 7.59. The number of carbonyl (C=O) groups excluding carboxylic acids is 3. The van der Waals surface area contributed by atoms with Crippen LogP contribution in [0.25, 0.3) is 0 Å². The number of nitrogens with one attached hydrogen (secondary N) is 2. The summed E-state index contributed by atoms with van der Waals surface area (Å²) in [5.41, 5.74) is 0.549. The number of thiazole rings is 3. The highest BCUT2D eigenvalue weighted by atomic mass is 32.1. The van der Waals surface area contributed by atoms with Crippen molar-refractivity contribution in [3.05, 3.63) is 38.2 Å². The van der Waals surface area contributed by atoms with Gasteiger partial charge in [-0.25, -0.2) is 19.7 Å². The van der Waals surface area contributed by atoms with Gasteiger partial charge in [0.25, 0.3) is 11.8 Å².